The van der Waals surface area contributed by atoms with Crippen LogP contribution in [0.5, 0.6) is 5.75 Å². The summed E-state index contributed by atoms with van der Waals surface area (Å²) < 4.78 is 11.6. The molecule has 3 fully saturated rings. The van der Waals surface area contributed by atoms with Crippen LogP contribution < -0.4 is 4.74 Å². The van der Waals surface area contributed by atoms with Gasteiger partial charge < -0.3 is 19.5 Å². The van der Waals surface area contributed by atoms with E-state index in [2.05, 4.69) is 46.0 Å². The SMILES string of the molecule is CN1CCC[C@]2(CO)CCN(Cc3ccccc3OCCCN3CCOCC3)C[C@@H]12. The van der Waals surface area contributed by atoms with Crippen molar-refractivity contribution in [2.24, 2.45) is 5.41 Å². The van der Waals surface area contributed by atoms with Gasteiger partial charge in [-0.1, -0.05) is 18.2 Å². The molecule has 0 spiro atoms. The number of nitrogens with zero attached hydrogens (tertiary/aromatic N) is 3. The standard InChI is InChI=1S/C24H39N3O3/c1-25-10-4-8-24(20-28)9-12-27(19-23(24)25)18-21-6-2-3-7-22(21)30-15-5-11-26-13-16-29-17-14-26/h2-3,6-7,23,28H,4-5,8-20H2,1H3/t23-,24-/m1/s1. The second-order valence-electron chi connectivity index (χ2n) is 9.37. The fraction of sp³-hybridized carbons (Fsp3) is 0.750. The molecule has 168 valence electrons. The third kappa shape index (κ3) is 5.17. The van der Waals surface area contributed by atoms with E-state index in [1.54, 1.807) is 0 Å². The summed E-state index contributed by atoms with van der Waals surface area (Å²) in [5.41, 5.74) is 1.37. The van der Waals surface area contributed by atoms with Gasteiger partial charge in [-0.25, -0.2) is 0 Å². The van der Waals surface area contributed by atoms with E-state index in [1.807, 2.05) is 0 Å². The highest BCUT2D eigenvalue weighted by Gasteiger charge is 2.46. The van der Waals surface area contributed by atoms with E-state index < -0.39 is 0 Å². The van der Waals surface area contributed by atoms with Crippen LogP contribution in [0.4, 0.5) is 0 Å². The van der Waals surface area contributed by atoms with Crippen molar-refractivity contribution in [3.63, 3.8) is 0 Å². The van der Waals surface area contributed by atoms with Crippen molar-refractivity contribution in [2.45, 2.75) is 38.3 Å². The molecule has 0 amide bonds. The molecule has 1 aromatic rings. The summed E-state index contributed by atoms with van der Waals surface area (Å²) in [6.07, 6.45) is 4.49. The Balaban J connectivity index is 1.30. The topological polar surface area (TPSA) is 48.4 Å². The van der Waals surface area contributed by atoms with E-state index in [9.17, 15) is 5.11 Å². The maximum absolute atomic E-state index is 10.2. The summed E-state index contributed by atoms with van der Waals surface area (Å²) in [4.78, 5) is 7.48. The number of morpholine rings is 1. The summed E-state index contributed by atoms with van der Waals surface area (Å²) in [5, 5.41) is 10.2. The van der Waals surface area contributed by atoms with E-state index in [1.165, 1.54) is 12.0 Å². The number of benzene rings is 1. The monoisotopic (exact) mass is 417 g/mol. The van der Waals surface area contributed by atoms with Gasteiger partial charge in [0.15, 0.2) is 0 Å². The van der Waals surface area contributed by atoms with E-state index in [4.69, 9.17) is 9.47 Å². The van der Waals surface area contributed by atoms with E-state index >= 15 is 0 Å². The lowest BCUT2D eigenvalue weighted by molar-refractivity contribution is -0.0685. The minimum atomic E-state index is 0.0962. The molecule has 0 aliphatic carbocycles. The lowest BCUT2D eigenvalue weighted by Crippen LogP contribution is -2.61. The molecule has 1 N–H and O–H groups in total. The van der Waals surface area contributed by atoms with Crippen molar-refractivity contribution in [3.05, 3.63) is 29.8 Å². The zero-order valence-electron chi connectivity index (χ0n) is 18.6. The molecule has 6 heteroatoms. The summed E-state index contributed by atoms with van der Waals surface area (Å²) in [5.74, 6) is 1.02. The number of aliphatic hydroxyl groups is 1. The first-order chi connectivity index (χ1) is 14.7. The molecule has 0 radical (unpaired) electrons. The molecule has 3 aliphatic rings. The van der Waals surface area contributed by atoms with Crippen molar-refractivity contribution in [1.29, 1.82) is 0 Å². The van der Waals surface area contributed by atoms with Gasteiger partial charge in [-0.15, -0.1) is 0 Å². The molecule has 0 saturated carbocycles. The smallest absolute Gasteiger partial charge is 0.123 e. The van der Waals surface area contributed by atoms with Gasteiger partial charge in [0.1, 0.15) is 5.75 Å². The Hall–Kier alpha value is -1.18. The minimum Gasteiger partial charge on any atom is -0.493 e. The van der Waals surface area contributed by atoms with Crippen LogP contribution >= 0.6 is 0 Å². The van der Waals surface area contributed by atoms with Gasteiger partial charge in [0.2, 0.25) is 0 Å². The molecule has 30 heavy (non-hydrogen) atoms. The Morgan fingerprint density at radius 3 is 2.77 bits per heavy atom. The van der Waals surface area contributed by atoms with Crippen molar-refractivity contribution < 1.29 is 14.6 Å². The molecule has 2 atom stereocenters. The maximum Gasteiger partial charge on any atom is 0.123 e. The number of piperidine rings is 2. The van der Waals surface area contributed by atoms with Crippen LogP contribution in [0.15, 0.2) is 24.3 Å². The van der Waals surface area contributed by atoms with E-state index in [-0.39, 0.29) is 5.41 Å². The Labute approximate surface area is 181 Å². The first-order valence-corrected chi connectivity index (χ1v) is 11.7. The Morgan fingerprint density at radius 2 is 1.93 bits per heavy atom. The normalized spacial score (nSPS) is 28.9. The third-order valence-corrected chi connectivity index (χ3v) is 7.44. The number of hydrogen-bond donors (Lipinski definition) is 1. The largest absolute Gasteiger partial charge is 0.493 e. The molecule has 0 aromatic heterocycles. The predicted molar refractivity (Wildman–Crippen MR) is 119 cm³/mol. The second-order valence-corrected chi connectivity index (χ2v) is 9.37. The molecule has 3 saturated heterocycles. The summed E-state index contributed by atoms with van der Waals surface area (Å²) in [7, 11) is 2.23. The number of likely N-dealkylation sites (N-methyl/N-ethyl adjacent to an activating group) is 1. The van der Waals surface area contributed by atoms with Crippen LogP contribution in [0.1, 0.15) is 31.2 Å². The van der Waals surface area contributed by atoms with E-state index in [0.717, 1.165) is 90.6 Å². The van der Waals surface area contributed by atoms with Crippen LogP contribution in [0.2, 0.25) is 0 Å². The molecule has 0 unspecified atom stereocenters. The highest BCUT2D eigenvalue weighted by molar-refractivity contribution is 5.33. The zero-order chi connectivity index (χ0) is 20.8. The van der Waals surface area contributed by atoms with Gasteiger partial charge in [-0.3, -0.25) is 9.80 Å². The van der Waals surface area contributed by atoms with Crippen molar-refractivity contribution in [3.8, 4) is 5.75 Å². The molecular weight excluding hydrogens is 378 g/mol. The fourth-order valence-electron chi connectivity index (χ4n) is 5.53. The van der Waals surface area contributed by atoms with Crippen molar-refractivity contribution in [2.75, 3.05) is 72.7 Å². The predicted octanol–water partition coefficient (Wildman–Crippen LogP) is 2.07. The van der Waals surface area contributed by atoms with Crippen LogP contribution in [0.3, 0.4) is 0 Å². The first kappa shape index (κ1) is 22.0. The van der Waals surface area contributed by atoms with Gasteiger partial charge in [-0.2, -0.15) is 0 Å². The molecular formula is C24H39N3O3. The van der Waals surface area contributed by atoms with Crippen LogP contribution in [0.25, 0.3) is 0 Å². The minimum absolute atomic E-state index is 0.0962. The second kappa shape index (κ2) is 10.4. The van der Waals surface area contributed by atoms with Gasteiger partial charge >= 0.3 is 0 Å². The highest BCUT2D eigenvalue weighted by Crippen LogP contribution is 2.42. The van der Waals surface area contributed by atoms with Gasteiger partial charge in [0.05, 0.1) is 26.4 Å². The molecule has 3 aliphatic heterocycles. The van der Waals surface area contributed by atoms with Gasteiger partial charge in [-0.05, 0) is 51.9 Å². The summed E-state index contributed by atoms with van der Waals surface area (Å²) in [6.45, 7) is 10.1. The van der Waals surface area contributed by atoms with E-state index in [0.29, 0.717) is 12.6 Å². The first-order valence-electron chi connectivity index (χ1n) is 11.7. The highest BCUT2D eigenvalue weighted by atomic mass is 16.5. The summed E-state index contributed by atoms with van der Waals surface area (Å²) in [6, 6.07) is 8.95. The lowest BCUT2D eigenvalue weighted by Gasteiger charge is -2.53. The lowest BCUT2D eigenvalue weighted by atomic mass is 9.69. The average Bonchev–Trinajstić information content (AvgIpc) is 2.79. The number of likely N-dealkylation sites (tertiary alicyclic amines) is 2. The maximum atomic E-state index is 10.2. The van der Waals surface area contributed by atoms with Crippen LogP contribution in [-0.2, 0) is 11.3 Å². The third-order valence-electron chi connectivity index (χ3n) is 7.44. The van der Waals surface area contributed by atoms with Crippen molar-refractivity contribution >= 4 is 0 Å². The quantitative estimate of drug-likeness (QED) is 0.654. The molecule has 0 bridgehead atoms. The number of fused-ring (bicyclic) bond motifs is 1. The number of rotatable bonds is 8. The zero-order valence-corrected chi connectivity index (χ0v) is 18.6. The van der Waals surface area contributed by atoms with Gasteiger partial charge in [0, 0.05) is 49.7 Å². The number of para-hydroxylation sites is 1. The summed E-state index contributed by atoms with van der Waals surface area (Å²) >= 11 is 0. The molecule has 6 nitrogen and oxygen atoms in total. The number of aliphatic hydroxyl groups excluding tert-OH is 1. The average molecular weight is 418 g/mol. The molecule has 4 rings (SSSR count). The van der Waals surface area contributed by atoms with Gasteiger partial charge in [0.25, 0.3) is 0 Å². The van der Waals surface area contributed by atoms with Crippen LogP contribution in [-0.4, -0.2) is 98.6 Å². The number of ether oxygens (including phenoxy) is 2. The Kier molecular flexibility index (Phi) is 7.65. The molecule has 1 aromatic carbocycles. The Bertz CT molecular complexity index is 667. The molecule has 3 heterocycles. The Morgan fingerprint density at radius 1 is 1.10 bits per heavy atom. The number of hydrogen-bond acceptors (Lipinski definition) is 6. The van der Waals surface area contributed by atoms with Crippen LogP contribution in [0, 0.1) is 5.41 Å². The van der Waals surface area contributed by atoms with Crippen molar-refractivity contribution in [1.82, 2.24) is 14.7 Å². The fourth-order valence-corrected chi connectivity index (χ4v) is 5.53.